The lowest BCUT2D eigenvalue weighted by molar-refractivity contribution is 0.580. The highest BCUT2D eigenvalue weighted by molar-refractivity contribution is 7.89. The second-order valence-electron chi connectivity index (χ2n) is 4.74. The van der Waals surface area contributed by atoms with Crippen LogP contribution in [-0.4, -0.2) is 54.3 Å². The van der Waals surface area contributed by atoms with Crippen LogP contribution in [0.5, 0.6) is 0 Å². The van der Waals surface area contributed by atoms with Crippen LogP contribution in [0.4, 0.5) is 0 Å². The van der Waals surface area contributed by atoms with E-state index in [0.717, 1.165) is 5.82 Å². The quantitative estimate of drug-likeness (QED) is 0.326. The van der Waals surface area contributed by atoms with Crippen LogP contribution in [0.2, 0.25) is 0 Å². The van der Waals surface area contributed by atoms with Crippen molar-refractivity contribution in [2.45, 2.75) is 11.4 Å². The first-order chi connectivity index (χ1) is 11.5. The van der Waals surface area contributed by atoms with Gasteiger partial charge in [-0.3, -0.25) is 14.7 Å². The van der Waals surface area contributed by atoms with Crippen molar-refractivity contribution in [3.8, 4) is 0 Å². The van der Waals surface area contributed by atoms with Gasteiger partial charge in [-0.15, -0.1) is 0 Å². The monoisotopic (exact) mass is 352 g/mol. The van der Waals surface area contributed by atoms with E-state index in [9.17, 15) is 8.42 Å². The largest absolute Gasteiger partial charge is 0.355 e. The van der Waals surface area contributed by atoms with E-state index in [0.29, 0.717) is 19.0 Å². The van der Waals surface area contributed by atoms with E-state index in [4.69, 9.17) is 0 Å². The Labute approximate surface area is 140 Å². The Balaban J connectivity index is 1.75. The van der Waals surface area contributed by atoms with E-state index in [1.165, 1.54) is 24.8 Å². The molecule has 2 aromatic heterocycles. The molecule has 0 fully saturated rings. The van der Waals surface area contributed by atoms with Gasteiger partial charge in [-0.25, -0.2) is 18.1 Å². The Morgan fingerprint density at radius 2 is 2.17 bits per heavy atom. The summed E-state index contributed by atoms with van der Waals surface area (Å²) in [5.41, 5.74) is 0. The van der Waals surface area contributed by atoms with Crippen LogP contribution in [0.3, 0.4) is 0 Å². The molecule has 0 saturated heterocycles. The molecule has 0 amide bonds. The first kappa shape index (κ1) is 17.8. The van der Waals surface area contributed by atoms with Gasteiger partial charge in [0.2, 0.25) is 10.0 Å². The maximum absolute atomic E-state index is 12.0. The van der Waals surface area contributed by atoms with Crippen molar-refractivity contribution in [2.24, 2.45) is 12.0 Å². The minimum Gasteiger partial charge on any atom is -0.355 e. The van der Waals surface area contributed by atoms with E-state index in [1.807, 2.05) is 0 Å². The van der Waals surface area contributed by atoms with E-state index in [1.54, 1.807) is 24.8 Å². The Bertz CT molecular complexity index is 772. The molecule has 10 nitrogen and oxygen atoms in total. The molecular formula is C13H20N8O2S. The summed E-state index contributed by atoms with van der Waals surface area (Å²) in [6.45, 7) is 1.04. The number of aromatic nitrogens is 4. The highest BCUT2D eigenvalue weighted by Gasteiger charge is 2.12. The fourth-order valence-corrected chi connectivity index (χ4v) is 2.81. The molecule has 2 rings (SSSR count). The lowest BCUT2D eigenvalue weighted by Crippen LogP contribution is -2.41. The molecule has 0 radical (unpaired) electrons. The summed E-state index contributed by atoms with van der Waals surface area (Å²) in [5.74, 6) is 1.30. The van der Waals surface area contributed by atoms with Crippen LogP contribution in [0.15, 0.2) is 40.7 Å². The van der Waals surface area contributed by atoms with Gasteiger partial charge in [-0.2, -0.15) is 5.10 Å². The topological polar surface area (TPSA) is 126 Å². The number of aryl methyl sites for hydroxylation is 1. The molecule has 0 aliphatic heterocycles. The third kappa shape index (κ3) is 4.99. The molecule has 11 heteroatoms. The van der Waals surface area contributed by atoms with E-state index in [2.05, 4.69) is 35.4 Å². The van der Waals surface area contributed by atoms with Gasteiger partial charge in [0.05, 0.1) is 6.54 Å². The second-order valence-corrected chi connectivity index (χ2v) is 6.51. The maximum Gasteiger partial charge on any atom is 0.242 e. The zero-order valence-electron chi connectivity index (χ0n) is 13.5. The van der Waals surface area contributed by atoms with Crippen molar-refractivity contribution in [2.75, 3.05) is 20.1 Å². The summed E-state index contributed by atoms with van der Waals surface area (Å²) in [5, 5.41) is 10.1. The summed E-state index contributed by atoms with van der Waals surface area (Å²) >= 11 is 0. The summed E-state index contributed by atoms with van der Waals surface area (Å²) in [4.78, 5) is 12.1. The number of nitrogens with zero attached hydrogens (tertiary/aromatic N) is 5. The Hall–Kier alpha value is -2.53. The molecule has 130 valence electrons. The number of pyridine rings is 1. The summed E-state index contributed by atoms with van der Waals surface area (Å²) in [6.07, 6.45) is 4.30. The highest BCUT2D eigenvalue weighted by Crippen LogP contribution is 2.04. The molecule has 2 aromatic rings. The van der Waals surface area contributed by atoms with Crippen molar-refractivity contribution in [3.63, 3.8) is 0 Å². The number of hydrogen-bond donors (Lipinski definition) is 3. The van der Waals surface area contributed by atoms with Gasteiger partial charge in [0.1, 0.15) is 17.0 Å². The molecule has 0 aliphatic rings. The van der Waals surface area contributed by atoms with E-state index < -0.39 is 10.0 Å². The SMILES string of the molecule is CN=C(NCCNS(=O)(=O)c1cccnc1)NCc1ncnn1C. The highest BCUT2D eigenvalue weighted by atomic mass is 32.2. The molecule has 0 aliphatic carbocycles. The molecule has 0 saturated carbocycles. The van der Waals surface area contributed by atoms with Gasteiger partial charge in [-0.1, -0.05) is 0 Å². The summed E-state index contributed by atoms with van der Waals surface area (Å²) in [7, 11) is -0.123. The number of aliphatic imine (C=N–C) groups is 1. The molecule has 24 heavy (non-hydrogen) atoms. The lowest BCUT2D eigenvalue weighted by Gasteiger charge is -2.12. The minimum atomic E-state index is -3.55. The second kappa shape index (κ2) is 8.36. The fraction of sp³-hybridized carbons (Fsp3) is 0.385. The number of hydrogen-bond acceptors (Lipinski definition) is 6. The zero-order chi connectivity index (χ0) is 17.4. The average Bonchev–Trinajstić information content (AvgIpc) is 3.00. The van der Waals surface area contributed by atoms with Gasteiger partial charge in [0.15, 0.2) is 5.96 Å². The molecule has 2 heterocycles. The number of rotatable bonds is 7. The van der Waals surface area contributed by atoms with Gasteiger partial charge in [-0.05, 0) is 12.1 Å². The fourth-order valence-electron chi connectivity index (χ4n) is 1.82. The van der Waals surface area contributed by atoms with E-state index >= 15 is 0 Å². The summed E-state index contributed by atoms with van der Waals surface area (Å²) < 4.78 is 28.2. The molecule has 0 atom stereocenters. The third-order valence-electron chi connectivity index (χ3n) is 3.10. The van der Waals surface area contributed by atoms with Gasteiger partial charge in [0.25, 0.3) is 0 Å². The van der Waals surface area contributed by atoms with Crippen LogP contribution < -0.4 is 15.4 Å². The average molecular weight is 352 g/mol. The van der Waals surface area contributed by atoms with Gasteiger partial charge in [0, 0.05) is 39.6 Å². The molecule has 0 spiro atoms. The Morgan fingerprint density at radius 1 is 1.33 bits per heavy atom. The smallest absolute Gasteiger partial charge is 0.242 e. The zero-order valence-corrected chi connectivity index (χ0v) is 14.3. The van der Waals surface area contributed by atoms with Crippen LogP contribution in [-0.2, 0) is 23.6 Å². The molecule has 0 aromatic carbocycles. The van der Waals surface area contributed by atoms with Crippen molar-refractivity contribution < 1.29 is 8.42 Å². The predicted molar refractivity (Wildman–Crippen MR) is 88.6 cm³/mol. The van der Waals surface area contributed by atoms with Crippen LogP contribution in [0, 0.1) is 0 Å². The molecule has 0 unspecified atom stereocenters. The first-order valence-electron chi connectivity index (χ1n) is 7.20. The maximum atomic E-state index is 12.0. The normalized spacial score (nSPS) is 12.2. The van der Waals surface area contributed by atoms with Crippen molar-refractivity contribution in [3.05, 3.63) is 36.7 Å². The predicted octanol–water partition coefficient (Wildman–Crippen LogP) is -1.15. The summed E-state index contributed by atoms with van der Waals surface area (Å²) in [6, 6.07) is 3.06. The minimum absolute atomic E-state index is 0.134. The van der Waals surface area contributed by atoms with Crippen LogP contribution in [0.1, 0.15) is 5.82 Å². The van der Waals surface area contributed by atoms with Crippen molar-refractivity contribution >= 4 is 16.0 Å². The third-order valence-corrected chi connectivity index (χ3v) is 4.54. The Kier molecular flexibility index (Phi) is 6.21. The number of guanidine groups is 1. The molecule has 0 bridgehead atoms. The molecule has 3 N–H and O–H groups in total. The van der Waals surface area contributed by atoms with E-state index in [-0.39, 0.29) is 11.4 Å². The lowest BCUT2D eigenvalue weighted by atomic mass is 10.5. The van der Waals surface area contributed by atoms with Crippen LogP contribution >= 0.6 is 0 Å². The molecular weight excluding hydrogens is 332 g/mol. The first-order valence-corrected chi connectivity index (χ1v) is 8.68. The van der Waals surface area contributed by atoms with Crippen molar-refractivity contribution in [1.82, 2.24) is 35.1 Å². The van der Waals surface area contributed by atoms with Gasteiger partial charge >= 0.3 is 0 Å². The standard InChI is InChI=1S/C13H20N8O2S/c1-14-13(17-9-12-18-10-19-21(12)2)16-6-7-20-24(22,23)11-4-3-5-15-8-11/h3-5,8,10,20H,6-7,9H2,1-2H3,(H2,14,16,17). The van der Waals surface area contributed by atoms with Crippen LogP contribution in [0.25, 0.3) is 0 Å². The van der Waals surface area contributed by atoms with Crippen molar-refractivity contribution in [1.29, 1.82) is 0 Å². The van der Waals surface area contributed by atoms with Gasteiger partial charge < -0.3 is 10.6 Å². The Morgan fingerprint density at radius 3 is 2.79 bits per heavy atom. The number of nitrogens with one attached hydrogen (secondary N) is 3. The number of sulfonamides is 1.